The first kappa shape index (κ1) is 13.8. The monoisotopic (exact) mass is 320 g/mol. The molecule has 0 radical (unpaired) electrons. The number of hydrogen-bond acceptors (Lipinski definition) is 4. The van der Waals surface area contributed by atoms with Crippen LogP contribution in [0.3, 0.4) is 0 Å². The Bertz CT molecular complexity index is 554. The fourth-order valence-corrected chi connectivity index (χ4v) is 2.14. The third-order valence-corrected chi connectivity index (χ3v) is 3.39. The van der Waals surface area contributed by atoms with E-state index in [0.29, 0.717) is 5.95 Å². The largest absolute Gasteiger partial charge is 0.357 e. The number of aryl methyl sites for hydroxylation is 1. The molecule has 1 aromatic heterocycles. The Morgan fingerprint density at radius 3 is 2.58 bits per heavy atom. The zero-order valence-electron chi connectivity index (χ0n) is 11.3. The van der Waals surface area contributed by atoms with E-state index in [4.69, 9.17) is 0 Å². The summed E-state index contributed by atoms with van der Waals surface area (Å²) in [6.07, 6.45) is 1.84. The fraction of sp³-hybridized carbons (Fsp3) is 0.286. The molecule has 0 amide bonds. The highest BCUT2D eigenvalue weighted by Gasteiger charge is 2.08. The van der Waals surface area contributed by atoms with Crippen LogP contribution in [0.15, 0.2) is 34.9 Å². The van der Waals surface area contributed by atoms with Crippen molar-refractivity contribution in [2.75, 3.05) is 24.3 Å². The summed E-state index contributed by atoms with van der Waals surface area (Å²) in [7, 11) is 3.86. The highest BCUT2D eigenvalue weighted by molar-refractivity contribution is 9.10. The Hall–Kier alpha value is -1.62. The van der Waals surface area contributed by atoms with Gasteiger partial charge in [0.2, 0.25) is 5.95 Å². The number of nitrogens with one attached hydrogen (secondary N) is 1. The summed E-state index contributed by atoms with van der Waals surface area (Å²) in [5, 5.41) is 2.97. The van der Waals surface area contributed by atoms with Gasteiger partial charge in [0.05, 0.1) is 0 Å². The van der Waals surface area contributed by atoms with E-state index in [-0.39, 0.29) is 0 Å². The first-order chi connectivity index (χ1) is 9.10. The number of anilines is 2. The van der Waals surface area contributed by atoms with E-state index in [2.05, 4.69) is 60.4 Å². The molecule has 1 heterocycles. The number of halogens is 1. The van der Waals surface area contributed by atoms with Crippen LogP contribution in [0.4, 0.5) is 11.8 Å². The van der Waals surface area contributed by atoms with Gasteiger partial charge >= 0.3 is 0 Å². The van der Waals surface area contributed by atoms with E-state index < -0.39 is 0 Å². The van der Waals surface area contributed by atoms with Gasteiger partial charge in [-0.05, 0) is 24.6 Å². The summed E-state index contributed by atoms with van der Waals surface area (Å²) < 4.78 is 1.09. The van der Waals surface area contributed by atoms with Crippen molar-refractivity contribution in [3.05, 3.63) is 46.1 Å². The minimum atomic E-state index is 0.642. The predicted octanol–water partition coefficient (Wildman–Crippen LogP) is 3.23. The summed E-state index contributed by atoms with van der Waals surface area (Å²) in [6.45, 7) is 2.83. The minimum Gasteiger partial charge on any atom is -0.357 e. The van der Waals surface area contributed by atoms with E-state index >= 15 is 0 Å². The Labute approximate surface area is 122 Å². The van der Waals surface area contributed by atoms with Gasteiger partial charge in [-0.25, -0.2) is 4.98 Å². The molecule has 1 N–H and O–H groups in total. The Balaban J connectivity index is 2.19. The van der Waals surface area contributed by atoms with Gasteiger partial charge < -0.3 is 10.2 Å². The standard InChI is InChI=1S/C14H17BrN4/c1-10-8-17-14(16-2)18-13(10)19(3)9-11-4-6-12(15)7-5-11/h4-8H,9H2,1-3H3,(H,16,17,18). The van der Waals surface area contributed by atoms with Crippen LogP contribution in [0.5, 0.6) is 0 Å². The lowest BCUT2D eigenvalue weighted by Crippen LogP contribution is -2.19. The maximum Gasteiger partial charge on any atom is 0.224 e. The molecule has 0 spiro atoms. The average molecular weight is 321 g/mol. The summed E-state index contributed by atoms with van der Waals surface area (Å²) in [6, 6.07) is 8.32. The second-order valence-electron chi connectivity index (χ2n) is 4.43. The van der Waals surface area contributed by atoms with Gasteiger partial charge in [-0.15, -0.1) is 0 Å². The fourth-order valence-electron chi connectivity index (χ4n) is 1.88. The molecule has 0 atom stereocenters. The lowest BCUT2D eigenvalue weighted by atomic mass is 10.2. The molecule has 2 aromatic rings. The number of aromatic nitrogens is 2. The van der Waals surface area contributed by atoms with Crippen LogP contribution in [0.25, 0.3) is 0 Å². The number of benzene rings is 1. The summed E-state index contributed by atoms with van der Waals surface area (Å²) >= 11 is 3.44. The highest BCUT2D eigenvalue weighted by Crippen LogP contribution is 2.19. The maximum atomic E-state index is 4.50. The lowest BCUT2D eigenvalue weighted by molar-refractivity contribution is 0.883. The zero-order valence-corrected chi connectivity index (χ0v) is 12.9. The van der Waals surface area contributed by atoms with E-state index in [1.807, 2.05) is 27.2 Å². The average Bonchev–Trinajstić information content (AvgIpc) is 2.42. The molecule has 0 aliphatic rings. The molecule has 19 heavy (non-hydrogen) atoms. The van der Waals surface area contributed by atoms with Crippen LogP contribution < -0.4 is 10.2 Å². The smallest absolute Gasteiger partial charge is 0.224 e. The molecule has 0 saturated carbocycles. The minimum absolute atomic E-state index is 0.642. The zero-order chi connectivity index (χ0) is 13.8. The third kappa shape index (κ3) is 3.44. The molecule has 0 aliphatic carbocycles. The number of hydrogen-bond donors (Lipinski definition) is 1. The van der Waals surface area contributed by atoms with Crippen molar-refractivity contribution in [2.24, 2.45) is 0 Å². The van der Waals surface area contributed by atoms with Gasteiger partial charge in [-0.2, -0.15) is 4.98 Å². The number of nitrogens with zero attached hydrogens (tertiary/aromatic N) is 3. The van der Waals surface area contributed by atoms with Crippen LogP contribution in [0, 0.1) is 6.92 Å². The van der Waals surface area contributed by atoms with Crippen LogP contribution in [-0.4, -0.2) is 24.1 Å². The first-order valence-electron chi connectivity index (χ1n) is 6.07. The van der Waals surface area contributed by atoms with Gasteiger partial charge in [0.1, 0.15) is 5.82 Å². The Kier molecular flexibility index (Phi) is 4.37. The van der Waals surface area contributed by atoms with Crippen molar-refractivity contribution in [3.63, 3.8) is 0 Å². The normalized spacial score (nSPS) is 10.3. The molecule has 2 rings (SSSR count). The van der Waals surface area contributed by atoms with Crippen molar-refractivity contribution >= 4 is 27.7 Å². The quantitative estimate of drug-likeness (QED) is 0.939. The van der Waals surface area contributed by atoms with Crippen molar-refractivity contribution in [1.82, 2.24) is 9.97 Å². The molecule has 100 valence electrons. The molecular formula is C14H17BrN4. The Morgan fingerprint density at radius 2 is 1.95 bits per heavy atom. The molecular weight excluding hydrogens is 304 g/mol. The van der Waals surface area contributed by atoms with Gasteiger partial charge in [-0.3, -0.25) is 0 Å². The van der Waals surface area contributed by atoms with E-state index in [1.54, 1.807) is 0 Å². The summed E-state index contributed by atoms with van der Waals surface area (Å²) in [5.74, 6) is 1.59. The third-order valence-electron chi connectivity index (χ3n) is 2.86. The molecule has 0 bridgehead atoms. The molecule has 0 unspecified atom stereocenters. The maximum absolute atomic E-state index is 4.50. The molecule has 4 nitrogen and oxygen atoms in total. The van der Waals surface area contributed by atoms with Crippen LogP contribution >= 0.6 is 15.9 Å². The molecule has 5 heteroatoms. The second kappa shape index (κ2) is 6.02. The molecule has 0 aliphatic heterocycles. The van der Waals surface area contributed by atoms with E-state index in [0.717, 1.165) is 22.4 Å². The molecule has 0 saturated heterocycles. The lowest BCUT2D eigenvalue weighted by Gasteiger charge is -2.20. The summed E-state index contributed by atoms with van der Waals surface area (Å²) in [5.41, 5.74) is 2.31. The van der Waals surface area contributed by atoms with E-state index in [1.165, 1.54) is 5.56 Å². The van der Waals surface area contributed by atoms with Crippen molar-refractivity contribution in [3.8, 4) is 0 Å². The van der Waals surface area contributed by atoms with Crippen LogP contribution in [0.2, 0.25) is 0 Å². The first-order valence-corrected chi connectivity index (χ1v) is 6.86. The highest BCUT2D eigenvalue weighted by atomic mass is 79.9. The van der Waals surface area contributed by atoms with Crippen molar-refractivity contribution < 1.29 is 0 Å². The van der Waals surface area contributed by atoms with Gasteiger partial charge in [0.25, 0.3) is 0 Å². The van der Waals surface area contributed by atoms with Gasteiger partial charge in [-0.1, -0.05) is 28.1 Å². The van der Waals surface area contributed by atoms with Crippen molar-refractivity contribution in [1.29, 1.82) is 0 Å². The van der Waals surface area contributed by atoms with Gasteiger partial charge in [0.15, 0.2) is 0 Å². The Morgan fingerprint density at radius 1 is 1.26 bits per heavy atom. The number of rotatable bonds is 4. The van der Waals surface area contributed by atoms with Gasteiger partial charge in [0, 0.05) is 36.9 Å². The molecule has 0 fully saturated rings. The SMILES string of the molecule is CNc1ncc(C)c(N(C)Cc2ccc(Br)cc2)n1. The summed E-state index contributed by atoms with van der Waals surface area (Å²) in [4.78, 5) is 10.8. The van der Waals surface area contributed by atoms with Crippen LogP contribution in [0.1, 0.15) is 11.1 Å². The molecule has 1 aromatic carbocycles. The van der Waals surface area contributed by atoms with E-state index in [9.17, 15) is 0 Å². The second-order valence-corrected chi connectivity index (χ2v) is 5.35. The van der Waals surface area contributed by atoms with Crippen LogP contribution in [-0.2, 0) is 6.54 Å². The predicted molar refractivity (Wildman–Crippen MR) is 82.6 cm³/mol. The topological polar surface area (TPSA) is 41.1 Å². The van der Waals surface area contributed by atoms with Crippen molar-refractivity contribution in [2.45, 2.75) is 13.5 Å².